The van der Waals surface area contributed by atoms with Crippen molar-refractivity contribution in [1.29, 1.82) is 0 Å². The quantitative estimate of drug-likeness (QED) is 0.534. The van der Waals surface area contributed by atoms with Gasteiger partial charge in [0.05, 0.1) is 18.2 Å². The Balaban J connectivity index is 0.00000529. The highest BCUT2D eigenvalue weighted by Crippen LogP contribution is 2.04. The molecule has 4 N–H and O–H groups in total. The van der Waals surface area contributed by atoms with Crippen LogP contribution in [-0.2, 0) is 19.1 Å². The van der Waals surface area contributed by atoms with E-state index in [1.54, 1.807) is 18.2 Å². The maximum absolute atomic E-state index is 12.0. The third-order valence-corrected chi connectivity index (χ3v) is 2.91. The lowest BCUT2D eigenvalue weighted by atomic mass is 10.1. The molecule has 132 valence electrons. The van der Waals surface area contributed by atoms with Gasteiger partial charge in [0.25, 0.3) is 0 Å². The molecule has 24 heavy (non-hydrogen) atoms. The number of ketones is 1. The summed E-state index contributed by atoms with van der Waals surface area (Å²) in [6.45, 7) is -0.899. The molecule has 0 fully saturated rings. The Morgan fingerprint density at radius 2 is 1.79 bits per heavy atom. The lowest BCUT2D eigenvalue weighted by Crippen LogP contribution is -2.45. The van der Waals surface area contributed by atoms with Crippen LogP contribution in [0.15, 0.2) is 30.3 Å². The fourth-order valence-electron chi connectivity index (χ4n) is 1.73. The van der Waals surface area contributed by atoms with Gasteiger partial charge in [-0.25, -0.2) is 4.79 Å². The molecule has 0 radical (unpaired) electrons. The van der Waals surface area contributed by atoms with Gasteiger partial charge >= 0.3 is 11.9 Å². The number of esters is 1. The maximum Gasteiger partial charge on any atom is 0.338 e. The standard InChI is InChI=1S/C15H18N2O6.ClH/c16-8-13(19)17-11(6-7-14(20)21)12(18)9-23-15(22)10-4-2-1-3-5-10;/h1-5,11H,6-9,16H2,(H,17,19)(H,20,21);1H/t11-;/m0./s1. The average molecular weight is 359 g/mol. The van der Waals surface area contributed by atoms with Crippen molar-refractivity contribution in [2.24, 2.45) is 5.73 Å². The number of aliphatic carboxylic acids is 1. The summed E-state index contributed by atoms with van der Waals surface area (Å²) in [7, 11) is 0. The highest BCUT2D eigenvalue weighted by Gasteiger charge is 2.22. The Hall–Kier alpha value is -2.45. The molecular formula is C15H19ClN2O6. The van der Waals surface area contributed by atoms with E-state index in [4.69, 9.17) is 15.6 Å². The van der Waals surface area contributed by atoms with Gasteiger partial charge in [0.15, 0.2) is 12.4 Å². The zero-order valence-electron chi connectivity index (χ0n) is 12.8. The summed E-state index contributed by atoms with van der Waals surface area (Å²) < 4.78 is 4.87. The normalized spacial score (nSPS) is 10.9. The smallest absolute Gasteiger partial charge is 0.338 e. The van der Waals surface area contributed by atoms with Crippen LogP contribution in [0.4, 0.5) is 0 Å². The number of hydrogen-bond acceptors (Lipinski definition) is 6. The molecule has 1 atom stereocenters. The molecule has 1 aromatic rings. The highest BCUT2D eigenvalue weighted by molar-refractivity contribution is 5.94. The summed E-state index contributed by atoms with van der Waals surface area (Å²) in [5.41, 5.74) is 5.44. The Morgan fingerprint density at radius 1 is 1.17 bits per heavy atom. The summed E-state index contributed by atoms with van der Waals surface area (Å²) in [6.07, 6.45) is -0.420. The third kappa shape index (κ3) is 7.70. The van der Waals surface area contributed by atoms with Gasteiger partial charge in [-0.15, -0.1) is 12.4 Å². The van der Waals surface area contributed by atoms with E-state index in [0.29, 0.717) is 0 Å². The zero-order valence-corrected chi connectivity index (χ0v) is 13.6. The molecule has 0 aliphatic carbocycles. The van der Waals surface area contributed by atoms with Crippen LogP contribution in [0.25, 0.3) is 0 Å². The molecule has 1 aromatic carbocycles. The molecular weight excluding hydrogens is 340 g/mol. The van der Waals surface area contributed by atoms with Gasteiger partial charge in [0.1, 0.15) is 0 Å². The Morgan fingerprint density at radius 3 is 2.33 bits per heavy atom. The molecule has 0 spiro atoms. The predicted molar refractivity (Wildman–Crippen MR) is 86.8 cm³/mol. The number of carbonyl (C=O) groups is 4. The van der Waals surface area contributed by atoms with Crippen LogP contribution < -0.4 is 11.1 Å². The van der Waals surface area contributed by atoms with Gasteiger partial charge in [-0.2, -0.15) is 0 Å². The summed E-state index contributed by atoms with van der Waals surface area (Å²) in [4.78, 5) is 45.6. The van der Waals surface area contributed by atoms with E-state index in [0.717, 1.165) is 0 Å². The zero-order chi connectivity index (χ0) is 17.2. The van der Waals surface area contributed by atoms with Crippen LogP contribution in [0.5, 0.6) is 0 Å². The maximum atomic E-state index is 12.0. The van der Waals surface area contributed by atoms with Crippen LogP contribution in [-0.4, -0.2) is 47.9 Å². The van der Waals surface area contributed by atoms with Crippen LogP contribution in [0.3, 0.4) is 0 Å². The van der Waals surface area contributed by atoms with Crippen molar-refractivity contribution < 1.29 is 29.0 Å². The van der Waals surface area contributed by atoms with E-state index < -0.39 is 36.3 Å². The second-order valence-corrected chi connectivity index (χ2v) is 4.67. The van der Waals surface area contributed by atoms with Gasteiger partial charge < -0.3 is 20.9 Å². The molecule has 1 amide bonds. The molecule has 0 heterocycles. The molecule has 9 heteroatoms. The van der Waals surface area contributed by atoms with E-state index >= 15 is 0 Å². The van der Waals surface area contributed by atoms with Crippen molar-refractivity contribution in [2.75, 3.05) is 13.2 Å². The molecule has 0 aromatic heterocycles. The lowest BCUT2D eigenvalue weighted by Gasteiger charge is -2.16. The summed E-state index contributed by atoms with van der Waals surface area (Å²) in [6, 6.07) is 7.03. The van der Waals surface area contributed by atoms with Crippen LogP contribution >= 0.6 is 12.4 Å². The SMILES string of the molecule is Cl.NCC(=O)N[C@@H](CCC(=O)O)C(=O)COC(=O)c1ccccc1. The number of amides is 1. The topological polar surface area (TPSA) is 136 Å². The molecule has 0 aliphatic rings. The number of nitrogens with two attached hydrogens (primary N) is 1. The fourth-order valence-corrected chi connectivity index (χ4v) is 1.73. The minimum Gasteiger partial charge on any atom is -0.481 e. The molecule has 0 saturated carbocycles. The second kappa shape index (κ2) is 11.1. The van der Waals surface area contributed by atoms with Gasteiger partial charge in [0, 0.05) is 6.42 Å². The number of carbonyl (C=O) groups excluding carboxylic acids is 3. The average Bonchev–Trinajstić information content (AvgIpc) is 2.56. The van der Waals surface area contributed by atoms with E-state index in [1.807, 2.05) is 0 Å². The minimum absolute atomic E-state index is 0. The number of Topliss-reactive ketones (excluding diaryl/α,β-unsaturated/α-hetero) is 1. The Kier molecular flexibility index (Phi) is 10.0. The number of carboxylic acid groups (broad SMARTS) is 1. The number of nitrogens with one attached hydrogen (secondary N) is 1. The van der Waals surface area contributed by atoms with Gasteiger partial charge in [-0.05, 0) is 18.6 Å². The molecule has 0 saturated heterocycles. The second-order valence-electron chi connectivity index (χ2n) is 4.67. The van der Waals surface area contributed by atoms with Crippen molar-refractivity contribution in [3.05, 3.63) is 35.9 Å². The van der Waals surface area contributed by atoms with Crippen molar-refractivity contribution in [3.8, 4) is 0 Å². The van der Waals surface area contributed by atoms with Crippen LogP contribution in [0.1, 0.15) is 23.2 Å². The van der Waals surface area contributed by atoms with Gasteiger partial charge in [-0.1, -0.05) is 18.2 Å². The summed E-state index contributed by atoms with van der Waals surface area (Å²) in [5.74, 6) is -2.98. The Labute approximate surface area is 144 Å². The number of benzene rings is 1. The molecule has 0 aliphatic heterocycles. The van der Waals surface area contributed by atoms with Crippen molar-refractivity contribution >= 4 is 36.0 Å². The summed E-state index contributed by atoms with van der Waals surface area (Å²) >= 11 is 0. The monoisotopic (exact) mass is 358 g/mol. The minimum atomic E-state index is -1.11. The number of carboxylic acids is 1. The van der Waals surface area contributed by atoms with Crippen molar-refractivity contribution in [2.45, 2.75) is 18.9 Å². The number of rotatable bonds is 9. The highest BCUT2D eigenvalue weighted by atomic mass is 35.5. The number of ether oxygens (including phenoxy) is 1. The molecule has 0 unspecified atom stereocenters. The first kappa shape index (κ1) is 21.6. The van der Waals surface area contributed by atoms with E-state index in [1.165, 1.54) is 12.1 Å². The predicted octanol–water partition coefficient (Wildman–Crippen LogP) is 0.143. The van der Waals surface area contributed by atoms with E-state index in [9.17, 15) is 19.2 Å². The van der Waals surface area contributed by atoms with Crippen molar-refractivity contribution in [1.82, 2.24) is 5.32 Å². The first-order valence-electron chi connectivity index (χ1n) is 6.90. The number of hydrogen-bond donors (Lipinski definition) is 3. The summed E-state index contributed by atoms with van der Waals surface area (Å²) in [5, 5.41) is 11.0. The fraction of sp³-hybridized carbons (Fsp3) is 0.333. The lowest BCUT2D eigenvalue weighted by molar-refractivity contribution is -0.138. The van der Waals surface area contributed by atoms with Gasteiger partial charge in [-0.3, -0.25) is 14.4 Å². The first-order chi connectivity index (χ1) is 10.9. The molecule has 8 nitrogen and oxygen atoms in total. The van der Waals surface area contributed by atoms with Crippen LogP contribution in [0, 0.1) is 0 Å². The van der Waals surface area contributed by atoms with E-state index in [2.05, 4.69) is 5.32 Å². The largest absolute Gasteiger partial charge is 0.481 e. The number of halogens is 1. The van der Waals surface area contributed by atoms with Gasteiger partial charge in [0.2, 0.25) is 5.91 Å². The van der Waals surface area contributed by atoms with Crippen molar-refractivity contribution in [3.63, 3.8) is 0 Å². The molecule has 1 rings (SSSR count). The van der Waals surface area contributed by atoms with E-state index in [-0.39, 0.29) is 37.4 Å². The van der Waals surface area contributed by atoms with Crippen LogP contribution in [0.2, 0.25) is 0 Å². The first-order valence-corrected chi connectivity index (χ1v) is 6.90. The third-order valence-electron chi connectivity index (χ3n) is 2.91. The Bertz CT molecular complexity index is 579. The molecule has 0 bridgehead atoms.